The molecule has 0 radical (unpaired) electrons. The molecule has 1 nitrogen and oxygen atoms in total. The van der Waals surface area contributed by atoms with Crippen molar-refractivity contribution in [3.63, 3.8) is 0 Å². The van der Waals surface area contributed by atoms with E-state index in [2.05, 4.69) is 39.8 Å². The van der Waals surface area contributed by atoms with E-state index in [4.69, 9.17) is 5.11 Å². The molecular weight excluding hydrogens is 208 g/mol. The molecule has 0 fully saturated rings. The Morgan fingerprint density at radius 2 is 1.41 bits per heavy atom. The lowest BCUT2D eigenvalue weighted by atomic mass is 10.0. The number of aliphatic hydroxyl groups is 1. The van der Waals surface area contributed by atoms with Crippen LogP contribution in [0.1, 0.15) is 60.3 Å². The first-order valence-corrected chi connectivity index (χ1v) is 6.52. The highest BCUT2D eigenvalue weighted by Gasteiger charge is 1.95. The van der Waals surface area contributed by atoms with Gasteiger partial charge < -0.3 is 5.11 Å². The van der Waals surface area contributed by atoms with Gasteiger partial charge in [0, 0.05) is 0 Å². The van der Waals surface area contributed by atoms with Gasteiger partial charge in [-0.3, -0.25) is 0 Å². The summed E-state index contributed by atoms with van der Waals surface area (Å²) in [6, 6.07) is 0. The summed E-state index contributed by atoms with van der Waals surface area (Å²) >= 11 is 0. The van der Waals surface area contributed by atoms with Gasteiger partial charge in [0.15, 0.2) is 0 Å². The van der Waals surface area contributed by atoms with Crippen molar-refractivity contribution in [3.05, 3.63) is 34.4 Å². The normalized spacial score (nSPS) is 13.4. The van der Waals surface area contributed by atoms with Crippen molar-refractivity contribution in [2.24, 2.45) is 0 Å². The molecular formula is C16H28O. The highest BCUT2D eigenvalue weighted by Crippen LogP contribution is 2.13. The topological polar surface area (TPSA) is 20.2 Å². The first-order valence-electron chi connectivity index (χ1n) is 6.52. The lowest BCUT2D eigenvalue weighted by Crippen LogP contribution is -1.90. The van der Waals surface area contributed by atoms with Crippen molar-refractivity contribution in [1.82, 2.24) is 0 Å². The van der Waals surface area contributed by atoms with Crippen LogP contribution in [0.2, 0.25) is 0 Å². The van der Waals surface area contributed by atoms with Gasteiger partial charge in [-0.15, -0.1) is 0 Å². The van der Waals surface area contributed by atoms with Crippen LogP contribution in [0, 0.1) is 0 Å². The molecule has 0 amide bonds. The standard InChI is InChI=1S/C16H28O/c1-13(2)8-6-9-14(3)10-7-11-15(4)16(5)12-17/h8,10,17H,6-7,9,11-12H2,1-5H3/b14-10+,16-15-. The predicted octanol–water partition coefficient (Wildman–Crippen LogP) is 4.79. The maximum Gasteiger partial charge on any atom is 0.0641 e. The second kappa shape index (κ2) is 9.23. The summed E-state index contributed by atoms with van der Waals surface area (Å²) in [6.45, 7) is 10.8. The van der Waals surface area contributed by atoms with Gasteiger partial charge in [-0.25, -0.2) is 0 Å². The van der Waals surface area contributed by atoms with Gasteiger partial charge >= 0.3 is 0 Å². The minimum Gasteiger partial charge on any atom is -0.392 e. The average Bonchev–Trinajstić information content (AvgIpc) is 2.27. The molecule has 0 unspecified atom stereocenters. The van der Waals surface area contributed by atoms with Crippen molar-refractivity contribution in [2.75, 3.05) is 6.61 Å². The van der Waals surface area contributed by atoms with Crippen LogP contribution in [0.3, 0.4) is 0 Å². The molecule has 1 heteroatoms. The van der Waals surface area contributed by atoms with Gasteiger partial charge in [-0.2, -0.15) is 0 Å². The van der Waals surface area contributed by atoms with Crippen molar-refractivity contribution >= 4 is 0 Å². The molecule has 0 aliphatic carbocycles. The number of allylic oxidation sites excluding steroid dienone is 5. The van der Waals surface area contributed by atoms with Crippen molar-refractivity contribution in [1.29, 1.82) is 0 Å². The van der Waals surface area contributed by atoms with E-state index < -0.39 is 0 Å². The van der Waals surface area contributed by atoms with Gasteiger partial charge in [0.1, 0.15) is 0 Å². The maximum atomic E-state index is 9.00. The van der Waals surface area contributed by atoms with Crippen LogP contribution in [-0.4, -0.2) is 11.7 Å². The Hall–Kier alpha value is -0.820. The van der Waals surface area contributed by atoms with Crippen LogP contribution in [-0.2, 0) is 0 Å². The second-order valence-electron chi connectivity index (χ2n) is 5.13. The Morgan fingerprint density at radius 3 is 1.94 bits per heavy atom. The van der Waals surface area contributed by atoms with E-state index in [1.54, 1.807) is 0 Å². The molecule has 0 spiro atoms. The Kier molecular flexibility index (Phi) is 8.79. The van der Waals surface area contributed by atoms with Crippen LogP contribution in [0.25, 0.3) is 0 Å². The molecule has 0 saturated heterocycles. The molecule has 0 aliphatic heterocycles. The van der Waals surface area contributed by atoms with E-state index in [-0.39, 0.29) is 6.61 Å². The summed E-state index contributed by atoms with van der Waals surface area (Å²) < 4.78 is 0. The maximum absolute atomic E-state index is 9.00. The number of hydrogen-bond acceptors (Lipinski definition) is 1. The fourth-order valence-electron chi connectivity index (χ4n) is 1.57. The molecule has 0 atom stereocenters. The van der Waals surface area contributed by atoms with E-state index in [1.807, 2.05) is 6.92 Å². The molecule has 0 saturated carbocycles. The van der Waals surface area contributed by atoms with Gasteiger partial charge in [0.2, 0.25) is 0 Å². The quantitative estimate of drug-likeness (QED) is 0.630. The highest BCUT2D eigenvalue weighted by atomic mass is 16.3. The highest BCUT2D eigenvalue weighted by molar-refractivity contribution is 5.11. The molecule has 0 rings (SSSR count). The van der Waals surface area contributed by atoms with Crippen LogP contribution in [0.15, 0.2) is 34.4 Å². The summed E-state index contributed by atoms with van der Waals surface area (Å²) in [5, 5.41) is 9.00. The second-order valence-corrected chi connectivity index (χ2v) is 5.13. The Morgan fingerprint density at radius 1 is 0.824 bits per heavy atom. The third-order valence-electron chi connectivity index (χ3n) is 3.07. The molecule has 0 aromatic carbocycles. The Labute approximate surface area is 107 Å². The molecule has 0 aromatic heterocycles. The van der Waals surface area contributed by atoms with E-state index in [9.17, 15) is 0 Å². The third kappa shape index (κ3) is 8.93. The van der Waals surface area contributed by atoms with Gasteiger partial charge in [0.25, 0.3) is 0 Å². The van der Waals surface area contributed by atoms with Crippen LogP contribution in [0.5, 0.6) is 0 Å². The zero-order valence-corrected chi connectivity index (χ0v) is 12.1. The molecule has 0 heterocycles. The zero-order valence-electron chi connectivity index (χ0n) is 12.1. The number of aliphatic hydroxyl groups excluding tert-OH is 1. The number of rotatable bonds is 7. The minimum atomic E-state index is 0.190. The summed E-state index contributed by atoms with van der Waals surface area (Å²) in [6.07, 6.45) is 9.07. The lowest BCUT2D eigenvalue weighted by Gasteiger charge is -2.04. The van der Waals surface area contributed by atoms with Crippen LogP contribution < -0.4 is 0 Å². The van der Waals surface area contributed by atoms with Gasteiger partial charge in [-0.1, -0.05) is 28.9 Å². The summed E-state index contributed by atoms with van der Waals surface area (Å²) in [5.74, 6) is 0. The van der Waals surface area contributed by atoms with Crippen LogP contribution >= 0.6 is 0 Å². The summed E-state index contributed by atoms with van der Waals surface area (Å²) in [4.78, 5) is 0. The van der Waals surface area contributed by atoms with Crippen LogP contribution in [0.4, 0.5) is 0 Å². The Bertz CT molecular complexity index is 301. The SMILES string of the molecule is CC(C)=CCC/C(C)=C/CC/C(C)=C(/C)CO. The minimum absolute atomic E-state index is 0.190. The fraction of sp³-hybridized carbons (Fsp3) is 0.625. The van der Waals surface area contributed by atoms with E-state index in [0.29, 0.717) is 0 Å². The molecule has 0 aromatic rings. The first kappa shape index (κ1) is 16.2. The molecule has 0 aliphatic rings. The smallest absolute Gasteiger partial charge is 0.0641 e. The monoisotopic (exact) mass is 236 g/mol. The van der Waals surface area contributed by atoms with Crippen molar-refractivity contribution < 1.29 is 5.11 Å². The van der Waals surface area contributed by atoms with E-state index in [0.717, 1.165) is 31.3 Å². The first-order chi connectivity index (χ1) is 7.97. The molecule has 17 heavy (non-hydrogen) atoms. The largest absolute Gasteiger partial charge is 0.392 e. The third-order valence-corrected chi connectivity index (χ3v) is 3.07. The van der Waals surface area contributed by atoms with Gasteiger partial charge in [-0.05, 0) is 65.9 Å². The number of hydrogen-bond donors (Lipinski definition) is 1. The summed E-state index contributed by atoms with van der Waals surface area (Å²) in [7, 11) is 0. The Balaban J connectivity index is 3.96. The van der Waals surface area contributed by atoms with E-state index >= 15 is 0 Å². The zero-order chi connectivity index (χ0) is 13.3. The van der Waals surface area contributed by atoms with Crippen molar-refractivity contribution in [3.8, 4) is 0 Å². The summed E-state index contributed by atoms with van der Waals surface area (Å²) in [5.41, 5.74) is 5.30. The van der Waals surface area contributed by atoms with E-state index in [1.165, 1.54) is 16.7 Å². The van der Waals surface area contributed by atoms with Crippen molar-refractivity contribution in [2.45, 2.75) is 60.3 Å². The predicted molar refractivity (Wildman–Crippen MR) is 77.1 cm³/mol. The average molecular weight is 236 g/mol. The molecule has 98 valence electrons. The van der Waals surface area contributed by atoms with Gasteiger partial charge in [0.05, 0.1) is 6.61 Å². The molecule has 0 bridgehead atoms. The lowest BCUT2D eigenvalue weighted by molar-refractivity contribution is 0.329. The molecule has 1 N–H and O–H groups in total. The fourth-order valence-corrected chi connectivity index (χ4v) is 1.57.